The van der Waals surface area contributed by atoms with Gasteiger partial charge in [-0.1, -0.05) is 18.2 Å². The van der Waals surface area contributed by atoms with Crippen molar-refractivity contribution < 1.29 is 9.59 Å². The molecule has 2 N–H and O–H groups in total. The van der Waals surface area contributed by atoms with Crippen molar-refractivity contribution in [2.24, 2.45) is 17.3 Å². The number of nitrogens with zero attached hydrogens (tertiary/aromatic N) is 1. The molecule has 4 fully saturated rings. The second-order valence-corrected chi connectivity index (χ2v) is 9.57. The third kappa shape index (κ3) is 3.76. The Morgan fingerprint density at radius 1 is 1.11 bits per heavy atom. The molecule has 152 valence electrons. The second-order valence-electron chi connectivity index (χ2n) is 9.57. The molecule has 0 heterocycles. The van der Waals surface area contributed by atoms with Crippen molar-refractivity contribution >= 4 is 17.5 Å². The van der Waals surface area contributed by atoms with Gasteiger partial charge >= 0.3 is 0 Å². The zero-order chi connectivity index (χ0) is 19.8. The third-order valence-electron chi connectivity index (χ3n) is 7.14. The van der Waals surface area contributed by atoms with Crippen LogP contribution in [-0.4, -0.2) is 37.5 Å². The van der Waals surface area contributed by atoms with Crippen LogP contribution in [-0.2, 0) is 9.59 Å². The van der Waals surface area contributed by atoms with Crippen molar-refractivity contribution in [3.8, 4) is 0 Å². The van der Waals surface area contributed by atoms with Gasteiger partial charge in [0.05, 0.1) is 5.41 Å². The Morgan fingerprint density at radius 3 is 2.43 bits per heavy atom. The maximum absolute atomic E-state index is 13.2. The average Bonchev–Trinajstić information content (AvgIpc) is 2.63. The van der Waals surface area contributed by atoms with Crippen LogP contribution in [0.4, 0.5) is 5.69 Å². The standard InChI is InChI=1S/C23H33N3O2/c1-17(27)25-23-14-18-11-19(15-23)13-22(12-18,16-23)21(28)24-9-6-10-26(2)20-7-4-3-5-8-20/h3-5,7-8,18-19H,6,9-16H2,1-2H3,(H,24,28)(H,25,27)/t18-,19-,22?,23?/m1/s1. The molecule has 0 radical (unpaired) electrons. The molecule has 5 nitrogen and oxygen atoms in total. The first-order valence-electron chi connectivity index (χ1n) is 10.7. The minimum atomic E-state index is -0.266. The predicted molar refractivity (Wildman–Crippen MR) is 111 cm³/mol. The number of anilines is 1. The van der Waals surface area contributed by atoms with Gasteiger partial charge in [0, 0.05) is 38.3 Å². The predicted octanol–water partition coefficient (Wildman–Crippen LogP) is 3.10. The van der Waals surface area contributed by atoms with Gasteiger partial charge in [0.25, 0.3) is 0 Å². The van der Waals surface area contributed by atoms with Gasteiger partial charge < -0.3 is 15.5 Å². The number of hydrogen-bond donors (Lipinski definition) is 2. The molecule has 2 atom stereocenters. The van der Waals surface area contributed by atoms with Crippen LogP contribution in [0.25, 0.3) is 0 Å². The summed E-state index contributed by atoms with van der Waals surface area (Å²) in [5.74, 6) is 1.44. The fourth-order valence-electron chi connectivity index (χ4n) is 6.57. The quantitative estimate of drug-likeness (QED) is 0.711. The topological polar surface area (TPSA) is 61.4 Å². The highest BCUT2D eigenvalue weighted by Gasteiger charge is 2.60. The van der Waals surface area contributed by atoms with Crippen LogP contribution in [0.1, 0.15) is 51.9 Å². The SMILES string of the molecule is CC(=O)NC12C[C@@H]3C[C@@H](C1)CC(C(=O)NCCCN(C)c1ccccc1)(C3)C2. The Kier molecular flexibility index (Phi) is 5.11. The zero-order valence-corrected chi connectivity index (χ0v) is 17.2. The van der Waals surface area contributed by atoms with E-state index in [1.54, 1.807) is 6.92 Å². The van der Waals surface area contributed by atoms with E-state index in [9.17, 15) is 9.59 Å². The Hall–Kier alpha value is -2.04. The summed E-state index contributed by atoms with van der Waals surface area (Å²) in [7, 11) is 2.09. The monoisotopic (exact) mass is 383 g/mol. The van der Waals surface area contributed by atoms with Gasteiger partial charge in [-0.05, 0) is 68.9 Å². The number of benzene rings is 1. The molecular weight excluding hydrogens is 350 g/mol. The number of rotatable bonds is 7. The summed E-state index contributed by atoms with van der Waals surface area (Å²) in [5, 5.41) is 6.48. The van der Waals surface area contributed by atoms with E-state index in [-0.39, 0.29) is 22.8 Å². The summed E-state index contributed by atoms with van der Waals surface area (Å²) < 4.78 is 0. The normalized spacial score (nSPS) is 32.8. The van der Waals surface area contributed by atoms with Crippen molar-refractivity contribution in [3.05, 3.63) is 30.3 Å². The number of hydrogen-bond acceptors (Lipinski definition) is 3. The van der Waals surface area contributed by atoms with Crippen molar-refractivity contribution in [1.82, 2.24) is 10.6 Å². The van der Waals surface area contributed by atoms with Gasteiger partial charge in [0.2, 0.25) is 11.8 Å². The van der Waals surface area contributed by atoms with Gasteiger partial charge in [0.15, 0.2) is 0 Å². The molecule has 28 heavy (non-hydrogen) atoms. The Bertz CT molecular complexity index is 719. The lowest BCUT2D eigenvalue weighted by atomic mass is 9.46. The first-order valence-corrected chi connectivity index (χ1v) is 10.7. The number of carbonyl (C=O) groups excluding carboxylic acids is 2. The molecule has 4 bridgehead atoms. The van der Waals surface area contributed by atoms with Crippen LogP contribution in [0.5, 0.6) is 0 Å². The molecule has 0 spiro atoms. The summed E-state index contributed by atoms with van der Waals surface area (Å²) in [6.45, 7) is 3.23. The molecule has 0 aliphatic heterocycles. The fraction of sp³-hybridized carbons (Fsp3) is 0.652. The Morgan fingerprint density at radius 2 is 1.79 bits per heavy atom. The van der Waals surface area contributed by atoms with E-state index in [0.717, 1.165) is 45.1 Å². The van der Waals surface area contributed by atoms with E-state index in [4.69, 9.17) is 0 Å². The van der Waals surface area contributed by atoms with Crippen molar-refractivity contribution in [1.29, 1.82) is 0 Å². The molecule has 4 saturated carbocycles. The van der Waals surface area contributed by atoms with Crippen LogP contribution in [0.2, 0.25) is 0 Å². The summed E-state index contributed by atoms with van der Waals surface area (Å²) in [5.41, 5.74) is 0.797. The lowest BCUT2D eigenvalue weighted by molar-refractivity contribution is -0.153. The lowest BCUT2D eigenvalue weighted by Gasteiger charge is -2.61. The van der Waals surface area contributed by atoms with E-state index in [1.807, 2.05) is 18.2 Å². The van der Waals surface area contributed by atoms with Crippen molar-refractivity contribution in [3.63, 3.8) is 0 Å². The lowest BCUT2D eigenvalue weighted by Crippen LogP contribution is -2.65. The smallest absolute Gasteiger partial charge is 0.226 e. The van der Waals surface area contributed by atoms with Crippen molar-refractivity contribution in [2.75, 3.05) is 25.0 Å². The number of carbonyl (C=O) groups is 2. The van der Waals surface area contributed by atoms with Crippen LogP contribution in [0.15, 0.2) is 30.3 Å². The molecule has 0 saturated heterocycles. The molecule has 0 unspecified atom stereocenters. The van der Waals surface area contributed by atoms with E-state index in [2.05, 4.69) is 34.7 Å². The van der Waals surface area contributed by atoms with E-state index in [0.29, 0.717) is 18.4 Å². The molecule has 5 rings (SSSR count). The highest BCUT2D eigenvalue weighted by Crippen LogP contribution is 2.61. The highest BCUT2D eigenvalue weighted by atomic mass is 16.2. The summed E-state index contributed by atoms with van der Waals surface area (Å²) in [6.07, 6.45) is 7.10. The molecular formula is C23H33N3O2. The summed E-state index contributed by atoms with van der Waals surface area (Å²) in [6, 6.07) is 10.3. The second kappa shape index (κ2) is 7.41. The van der Waals surface area contributed by atoms with Gasteiger partial charge in [-0.15, -0.1) is 0 Å². The Labute approximate surface area is 168 Å². The van der Waals surface area contributed by atoms with Gasteiger partial charge in [-0.3, -0.25) is 9.59 Å². The number of amides is 2. The van der Waals surface area contributed by atoms with Crippen LogP contribution in [0, 0.1) is 17.3 Å². The number of para-hydroxylation sites is 1. The molecule has 4 aliphatic rings. The molecule has 2 amide bonds. The third-order valence-corrected chi connectivity index (χ3v) is 7.14. The summed E-state index contributed by atoms with van der Waals surface area (Å²) >= 11 is 0. The first kappa shape index (κ1) is 19.3. The summed E-state index contributed by atoms with van der Waals surface area (Å²) in [4.78, 5) is 27.2. The molecule has 5 heteroatoms. The molecule has 0 aromatic heterocycles. The molecule has 4 aliphatic carbocycles. The fourth-order valence-corrected chi connectivity index (χ4v) is 6.57. The molecule has 1 aromatic rings. The van der Waals surface area contributed by atoms with Crippen LogP contribution >= 0.6 is 0 Å². The maximum Gasteiger partial charge on any atom is 0.226 e. The largest absolute Gasteiger partial charge is 0.375 e. The van der Waals surface area contributed by atoms with Gasteiger partial charge in [-0.25, -0.2) is 0 Å². The van der Waals surface area contributed by atoms with Crippen LogP contribution in [0.3, 0.4) is 0 Å². The minimum Gasteiger partial charge on any atom is -0.375 e. The van der Waals surface area contributed by atoms with Crippen molar-refractivity contribution in [2.45, 2.75) is 57.4 Å². The van der Waals surface area contributed by atoms with Gasteiger partial charge in [0.1, 0.15) is 0 Å². The van der Waals surface area contributed by atoms with Crippen LogP contribution < -0.4 is 15.5 Å². The molecule has 1 aromatic carbocycles. The number of nitrogens with one attached hydrogen (secondary N) is 2. The average molecular weight is 384 g/mol. The van der Waals surface area contributed by atoms with E-state index in [1.165, 1.54) is 12.1 Å². The Balaban J connectivity index is 1.32. The first-order chi connectivity index (χ1) is 13.4. The van der Waals surface area contributed by atoms with Gasteiger partial charge in [-0.2, -0.15) is 0 Å². The van der Waals surface area contributed by atoms with E-state index >= 15 is 0 Å². The minimum absolute atomic E-state index is 0.0430. The highest BCUT2D eigenvalue weighted by molar-refractivity contribution is 5.84. The maximum atomic E-state index is 13.2. The zero-order valence-electron chi connectivity index (χ0n) is 17.2. The van der Waals surface area contributed by atoms with E-state index < -0.39 is 0 Å².